The fraction of sp³-hybridized carbons (Fsp3) is 0.222. The standard InChI is InChI=1S/C18H20N2O3S/c1-22-15-9-8-14(12-16(15)23-2)17(21)20-18(24)19-11-10-13-6-4-3-5-7-13/h3-9,12H,10-11H2,1-2H3,(H2,19,20,21,24). The van der Waals surface area contributed by atoms with Crippen LogP contribution in [0.2, 0.25) is 0 Å². The molecule has 24 heavy (non-hydrogen) atoms. The second-order valence-corrected chi connectivity index (χ2v) is 5.42. The zero-order valence-corrected chi connectivity index (χ0v) is 14.5. The van der Waals surface area contributed by atoms with Crippen molar-refractivity contribution in [2.75, 3.05) is 20.8 Å². The van der Waals surface area contributed by atoms with Gasteiger partial charge < -0.3 is 14.8 Å². The summed E-state index contributed by atoms with van der Waals surface area (Å²) in [5.74, 6) is 0.763. The van der Waals surface area contributed by atoms with Crippen LogP contribution < -0.4 is 20.1 Å². The van der Waals surface area contributed by atoms with Gasteiger partial charge in [-0.25, -0.2) is 0 Å². The molecule has 0 aliphatic rings. The minimum atomic E-state index is -0.298. The lowest BCUT2D eigenvalue weighted by molar-refractivity contribution is 0.0976. The van der Waals surface area contributed by atoms with E-state index >= 15 is 0 Å². The van der Waals surface area contributed by atoms with Crippen LogP contribution in [0.15, 0.2) is 48.5 Å². The normalized spacial score (nSPS) is 9.92. The Morgan fingerprint density at radius 3 is 2.42 bits per heavy atom. The quantitative estimate of drug-likeness (QED) is 0.789. The first-order chi connectivity index (χ1) is 11.6. The molecule has 0 atom stereocenters. The van der Waals surface area contributed by atoms with Crippen LogP contribution in [-0.4, -0.2) is 31.8 Å². The first-order valence-corrected chi connectivity index (χ1v) is 7.90. The molecule has 5 nitrogen and oxygen atoms in total. The Morgan fingerprint density at radius 1 is 1.04 bits per heavy atom. The number of hydrogen-bond acceptors (Lipinski definition) is 4. The van der Waals surface area contributed by atoms with Crippen molar-refractivity contribution in [3.8, 4) is 11.5 Å². The number of nitrogens with one attached hydrogen (secondary N) is 2. The molecule has 2 N–H and O–H groups in total. The number of rotatable bonds is 6. The summed E-state index contributed by atoms with van der Waals surface area (Å²) < 4.78 is 10.3. The number of benzene rings is 2. The maximum Gasteiger partial charge on any atom is 0.257 e. The molecule has 0 saturated carbocycles. The van der Waals surface area contributed by atoms with Gasteiger partial charge in [0.15, 0.2) is 16.6 Å². The van der Waals surface area contributed by atoms with Crippen molar-refractivity contribution in [3.05, 3.63) is 59.7 Å². The number of thiocarbonyl (C=S) groups is 1. The number of methoxy groups -OCH3 is 2. The van der Waals surface area contributed by atoms with Gasteiger partial charge >= 0.3 is 0 Å². The third kappa shape index (κ3) is 4.96. The lowest BCUT2D eigenvalue weighted by Gasteiger charge is -2.11. The van der Waals surface area contributed by atoms with Gasteiger partial charge in [0.25, 0.3) is 5.91 Å². The predicted octanol–water partition coefficient (Wildman–Crippen LogP) is 2.55. The molecule has 0 saturated heterocycles. The summed E-state index contributed by atoms with van der Waals surface area (Å²) in [6.45, 7) is 0.648. The summed E-state index contributed by atoms with van der Waals surface area (Å²) >= 11 is 5.16. The molecule has 2 aromatic rings. The van der Waals surface area contributed by atoms with E-state index in [-0.39, 0.29) is 5.91 Å². The van der Waals surface area contributed by atoms with Crippen LogP contribution in [0.25, 0.3) is 0 Å². The Bertz CT molecular complexity index is 705. The summed E-state index contributed by atoms with van der Waals surface area (Å²) in [5.41, 5.74) is 1.65. The van der Waals surface area contributed by atoms with E-state index in [1.54, 1.807) is 25.3 Å². The Balaban J connectivity index is 1.86. The van der Waals surface area contributed by atoms with Gasteiger partial charge in [-0.05, 0) is 42.4 Å². The lowest BCUT2D eigenvalue weighted by atomic mass is 10.1. The SMILES string of the molecule is COc1ccc(C(=O)NC(=S)NCCc2ccccc2)cc1OC. The molecule has 0 aliphatic heterocycles. The average Bonchev–Trinajstić information content (AvgIpc) is 2.61. The van der Waals surface area contributed by atoms with E-state index in [4.69, 9.17) is 21.7 Å². The molecule has 6 heteroatoms. The second kappa shape index (κ2) is 8.88. The fourth-order valence-electron chi connectivity index (χ4n) is 2.16. The molecule has 126 valence electrons. The number of carbonyl (C=O) groups excluding carboxylic acids is 1. The number of hydrogen-bond donors (Lipinski definition) is 2. The summed E-state index contributed by atoms with van der Waals surface area (Å²) in [4.78, 5) is 12.2. The maximum absolute atomic E-state index is 12.2. The van der Waals surface area contributed by atoms with Crippen molar-refractivity contribution in [2.24, 2.45) is 0 Å². The fourth-order valence-corrected chi connectivity index (χ4v) is 2.36. The van der Waals surface area contributed by atoms with Gasteiger partial charge in [-0.2, -0.15) is 0 Å². The van der Waals surface area contributed by atoms with Crippen LogP contribution in [0.4, 0.5) is 0 Å². The van der Waals surface area contributed by atoms with Crippen LogP contribution in [0.1, 0.15) is 15.9 Å². The van der Waals surface area contributed by atoms with Crippen molar-refractivity contribution < 1.29 is 14.3 Å². The zero-order chi connectivity index (χ0) is 17.4. The van der Waals surface area contributed by atoms with Crippen molar-refractivity contribution in [1.29, 1.82) is 0 Å². The minimum absolute atomic E-state index is 0.297. The molecule has 0 bridgehead atoms. The van der Waals surface area contributed by atoms with E-state index in [1.165, 1.54) is 12.7 Å². The topological polar surface area (TPSA) is 59.6 Å². The predicted molar refractivity (Wildman–Crippen MR) is 97.8 cm³/mol. The van der Waals surface area contributed by atoms with Crippen LogP contribution in [0.5, 0.6) is 11.5 Å². The smallest absolute Gasteiger partial charge is 0.257 e. The van der Waals surface area contributed by atoms with Crippen LogP contribution in [0.3, 0.4) is 0 Å². The van der Waals surface area contributed by atoms with Crippen molar-refractivity contribution in [2.45, 2.75) is 6.42 Å². The molecule has 0 fully saturated rings. The van der Waals surface area contributed by atoms with Gasteiger partial charge in [0.05, 0.1) is 14.2 Å². The zero-order valence-electron chi connectivity index (χ0n) is 13.7. The molecule has 0 heterocycles. The van der Waals surface area contributed by atoms with Crippen LogP contribution in [0, 0.1) is 0 Å². The highest BCUT2D eigenvalue weighted by atomic mass is 32.1. The largest absolute Gasteiger partial charge is 0.493 e. The third-order valence-corrected chi connectivity index (χ3v) is 3.66. The van der Waals surface area contributed by atoms with E-state index < -0.39 is 0 Å². The molecule has 0 aliphatic carbocycles. The maximum atomic E-state index is 12.2. The molecular formula is C18H20N2O3S. The molecule has 0 spiro atoms. The average molecular weight is 344 g/mol. The van der Waals surface area contributed by atoms with Gasteiger partial charge in [-0.1, -0.05) is 30.3 Å². The molecule has 0 radical (unpaired) electrons. The molecule has 0 aromatic heterocycles. The van der Waals surface area contributed by atoms with Crippen LogP contribution >= 0.6 is 12.2 Å². The summed E-state index contributed by atoms with van der Waals surface area (Å²) in [6.07, 6.45) is 0.827. The monoisotopic (exact) mass is 344 g/mol. The molecule has 2 aromatic carbocycles. The second-order valence-electron chi connectivity index (χ2n) is 5.02. The van der Waals surface area contributed by atoms with E-state index in [2.05, 4.69) is 10.6 Å². The van der Waals surface area contributed by atoms with Crippen molar-refractivity contribution in [1.82, 2.24) is 10.6 Å². The van der Waals surface area contributed by atoms with Gasteiger partial charge in [0.2, 0.25) is 0 Å². The first kappa shape index (κ1) is 17.7. The highest BCUT2D eigenvalue weighted by molar-refractivity contribution is 7.80. The molecule has 0 unspecified atom stereocenters. The Hall–Kier alpha value is -2.60. The van der Waals surface area contributed by atoms with E-state index in [0.29, 0.717) is 28.7 Å². The van der Waals surface area contributed by atoms with E-state index in [0.717, 1.165) is 6.42 Å². The van der Waals surface area contributed by atoms with Crippen molar-refractivity contribution >= 4 is 23.2 Å². The van der Waals surface area contributed by atoms with Gasteiger partial charge in [-0.3, -0.25) is 10.1 Å². The van der Waals surface area contributed by atoms with Gasteiger partial charge in [-0.15, -0.1) is 0 Å². The van der Waals surface area contributed by atoms with Crippen LogP contribution in [-0.2, 0) is 6.42 Å². The Kier molecular flexibility index (Phi) is 6.57. The summed E-state index contributed by atoms with van der Waals surface area (Å²) in [7, 11) is 3.07. The summed E-state index contributed by atoms with van der Waals surface area (Å²) in [5, 5.41) is 5.98. The number of amides is 1. The molecule has 1 amide bonds. The summed E-state index contributed by atoms with van der Waals surface area (Å²) in [6, 6.07) is 15.0. The van der Waals surface area contributed by atoms with E-state index in [9.17, 15) is 4.79 Å². The molecular weight excluding hydrogens is 324 g/mol. The Labute approximate surface area is 147 Å². The Morgan fingerprint density at radius 2 is 1.75 bits per heavy atom. The highest BCUT2D eigenvalue weighted by Gasteiger charge is 2.11. The van der Waals surface area contributed by atoms with Gasteiger partial charge in [0.1, 0.15) is 0 Å². The highest BCUT2D eigenvalue weighted by Crippen LogP contribution is 2.27. The molecule has 2 rings (SSSR count). The van der Waals surface area contributed by atoms with Gasteiger partial charge in [0, 0.05) is 12.1 Å². The number of carbonyl (C=O) groups is 1. The van der Waals surface area contributed by atoms with E-state index in [1.807, 2.05) is 30.3 Å². The number of ether oxygens (including phenoxy) is 2. The third-order valence-electron chi connectivity index (χ3n) is 3.41. The first-order valence-electron chi connectivity index (χ1n) is 7.49. The lowest BCUT2D eigenvalue weighted by Crippen LogP contribution is -2.40. The van der Waals surface area contributed by atoms with Crippen molar-refractivity contribution in [3.63, 3.8) is 0 Å². The minimum Gasteiger partial charge on any atom is -0.493 e.